The van der Waals surface area contributed by atoms with Crippen molar-refractivity contribution >= 4 is 11.9 Å². The Morgan fingerprint density at radius 3 is 2.69 bits per heavy atom. The van der Waals surface area contributed by atoms with Crippen molar-refractivity contribution in [2.45, 2.75) is 46.5 Å². The number of carboxylic acid groups (broad SMARTS) is 1. The molecular formula is C21H30N2O3. The van der Waals surface area contributed by atoms with E-state index in [1.54, 1.807) is 6.08 Å². The summed E-state index contributed by atoms with van der Waals surface area (Å²) in [4.78, 5) is 21.4. The van der Waals surface area contributed by atoms with E-state index in [1.165, 1.54) is 30.5 Å². The normalized spacial score (nSPS) is 24.0. The Bertz CT molecular complexity index is 667. The molecule has 5 nitrogen and oxygen atoms in total. The van der Waals surface area contributed by atoms with Crippen molar-refractivity contribution in [1.82, 2.24) is 10.6 Å². The van der Waals surface area contributed by atoms with Gasteiger partial charge in [0.15, 0.2) is 0 Å². The van der Waals surface area contributed by atoms with Crippen LogP contribution in [0.4, 0.5) is 0 Å². The molecule has 2 atom stereocenters. The second-order valence-electron chi connectivity index (χ2n) is 7.64. The molecule has 3 N–H and O–H groups in total. The lowest BCUT2D eigenvalue weighted by Crippen LogP contribution is -2.40. The average Bonchev–Trinajstić information content (AvgIpc) is 2.61. The van der Waals surface area contributed by atoms with Crippen LogP contribution in [0.2, 0.25) is 0 Å². The summed E-state index contributed by atoms with van der Waals surface area (Å²) >= 11 is 0. The maximum absolute atomic E-state index is 12.4. The molecular weight excluding hydrogens is 328 g/mol. The van der Waals surface area contributed by atoms with Crippen molar-refractivity contribution in [1.29, 1.82) is 0 Å². The Labute approximate surface area is 155 Å². The summed E-state index contributed by atoms with van der Waals surface area (Å²) in [6, 6.07) is 0. The van der Waals surface area contributed by atoms with Gasteiger partial charge in [-0.1, -0.05) is 18.2 Å². The number of allylic oxidation sites excluding steroid dienone is 5. The van der Waals surface area contributed by atoms with Gasteiger partial charge in [0.1, 0.15) is 0 Å². The lowest BCUT2D eigenvalue weighted by atomic mass is 9.73. The van der Waals surface area contributed by atoms with Crippen LogP contribution >= 0.6 is 0 Å². The zero-order valence-electron chi connectivity index (χ0n) is 16.0. The lowest BCUT2D eigenvalue weighted by Gasteiger charge is -2.39. The molecule has 1 heterocycles. The van der Waals surface area contributed by atoms with E-state index >= 15 is 0 Å². The third-order valence-corrected chi connectivity index (χ3v) is 5.22. The molecule has 0 spiro atoms. The summed E-state index contributed by atoms with van der Waals surface area (Å²) in [6.07, 6.45) is 12.9. The minimum Gasteiger partial charge on any atom is -0.481 e. The van der Waals surface area contributed by atoms with Crippen LogP contribution in [-0.4, -0.2) is 23.5 Å². The van der Waals surface area contributed by atoms with Crippen LogP contribution in [-0.2, 0) is 9.59 Å². The van der Waals surface area contributed by atoms with E-state index in [1.807, 2.05) is 13.8 Å². The Kier molecular flexibility index (Phi) is 6.46. The van der Waals surface area contributed by atoms with E-state index in [0.717, 1.165) is 25.6 Å². The molecule has 0 saturated carbocycles. The molecule has 0 aromatic heterocycles. The molecule has 3 aliphatic rings. The Balaban J connectivity index is 0.000000552. The number of amides is 1. The first-order chi connectivity index (χ1) is 12.3. The third kappa shape index (κ3) is 4.65. The average molecular weight is 358 g/mol. The fourth-order valence-electron chi connectivity index (χ4n) is 3.61. The topological polar surface area (TPSA) is 78.4 Å². The Hall–Kier alpha value is -2.30. The number of hydrogen-bond acceptors (Lipinski definition) is 3. The second-order valence-corrected chi connectivity index (χ2v) is 7.64. The molecule has 0 aromatic carbocycles. The van der Waals surface area contributed by atoms with E-state index in [9.17, 15) is 4.79 Å². The predicted molar refractivity (Wildman–Crippen MR) is 103 cm³/mol. The highest BCUT2D eigenvalue weighted by atomic mass is 16.4. The monoisotopic (exact) mass is 358 g/mol. The van der Waals surface area contributed by atoms with Crippen LogP contribution in [0.1, 0.15) is 46.5 Å². The van der Waals surface area contributed by atoms with E-state index in [2.05, 4.69) is 35.4 Å². The highest BCUT2D eigenvalue weighted by Crippen LogP contribution is 2.41. The summed E-state index contributed by atoms with van der Waals surface area (Å²) in [5.74, 6) is 0.197. The number of aliphatic carboxylic acids is 1. The first-order valence-electron chi connectivity index (χ1n) is 9.27. The smallest absolute Gasteiger partial charge is 0.300 e. The van der Waals surface area contributed by atoms with Gasteiger partial charge in [0.05, 0.1) is 5.41 Å². The molecule has 5 heteroatoms. The first-order valence-corrected chi connectivity index (χ1v) is 9.27. The first kappa shape index (κ1) is 20.0. The molecule has 3 rings (SSSR count). The Morgan fingerprint density at radius 2 is 2.04 bits per heavy atom. The van der Waals surface area contributed by atoms with Crippen molar-refractivity contribution < 1.29 is 14.7 Å². The molecule has 26 heavy (non-hydrogen) atoms. The molecule has 1 fully saturated rings. The van der Waals surface area contributed by atoms with Crippen molar-refractivity contribution in [3.63, 3.8) is 0 Å². The van der Waals surface area contributed by atoms with Crippen LogP contribution in [0.25, 0.3) is 0 Å². The number of carbonyl (C=O) groups excluding carboxylic acids is 1. The number of carbonyl (C=O) groups is 2. The third-order valence-electron chi connectivity index (χ3n) is 5.22. The number of nitrogens with one attached hydrogen (secondary N) is 2. The van der Waals surface area contributed by atoms with Gasteiger partial charge in [-0.25, -0.2) is 0 Å². The van der Waals surface area contributed by atoms with Gasteiger partial charge in [0.25, 0.3) is 5.97 Å². The van der Waals surface area contributed by atoms with Gasteiger partial charge in [-0.15, -0.1) is 6.58 Å². The molecule has 0 aromatic rings. The summed E-state index contributed by atoms with van der Waals surface area (Å²) in [5.41, 5.74) is 3.29. The van der Waals surface area contributed by atoms with E-state index < -0.39 is 11.4 Å². The minimum atomic E-state index is -0.833. The van der Waals surface area contributed by atoms with Crippen LogP contribution in [0.15, 0.2) is 47.9 Å². The van der Waals surface area contributed by atoms with Gasteiger partial charge in [0.2, 0.25) is 5.91 Å². The molecule has 2 unspecified atom stereocenters. The van der Waals surface area contributed by atoms with Gasteiger partial charge < -0.3 is 15.7 Å². The maximum atomic E-state index is 12.4. The summed E-state index contributed by atoms with van der Waals surface area (Å²) in [5, 5.41) is 14.2. The molecule has 0 radical (unpaired) electrons. The summed E-state index contributed by atoms with van der Waals surface area (Å²) in [6.45, 7) is 9.72. The number of rotatable bonds is 3. The van der Waals surface area contributed by atoms with E-state index in [-0.39, 0.29) is 5.91 Å². The quantitative estimate of drug-likeness (QED) is 0.675. The maximum Gasteiger partial charge on any atom is 0.300 e. The molecule has 1 aliphatic heterocycles. The highest BCUT2D eigenvalue weighted by Gasteiger charge is 2.34. The van der Waals surface area contributed by atoms with Crippen LogP contribution in [0.3, 0.4) is 0 Å². The van der Waals surface area contributed by atoms with Gasteiger partial charge in [-0.05, 0) is 57.1 Å². The van der Waals surface area contributed by atoms with Crippen molar-refractivity contribution in [2.24, 2.45) is 17.3 Å². The molecule has 0 bridgehead atoms. The number of hydrogen-bond donors (Lipinski definition) is 3. The molecule has 142 valence electrons. The molecule has 2 aliphatic carbocycles. The summed E-state index contributed by atoms with van der Waals surface area (Å²) < 4.78 is 0. The van der Waals surface area contributed by atoms with Crippen molar-refractivity contribution in [3.05, 3.63) is 47.9 Å². The van der Waals surface area contributed by atoms with Gasteiger partial charge in [-0.3, -0.25) is 9.59 Å². The van der Waals surface area contributed by atoms with Crippen LogP contribution in [0, 0.1) is 17.3 Å². The number of piperidine rings is 1. The van der Waals surface area contributed by atoms with Crippen LogP contribution < -0.4 is 10.6 Å². The van der Waals surface area contributed by atoms with Gasteiger partial charge in [0, 0.05) is 30.8 Å². The van der Waals surface area contributed by atoms with Crippen LogP contribution in [0.5, 0.6) is 0 Å². The molecule has 1 saturated heterocycles. The standard InChI is InChI=1S/C19H26N2O.C2H4O2/c1-4-19(2,3)18(22)21-16-9-5-8-15-14(16)11-10-13-7-6-12-20-17(13)15;1-2(3)4/h4-5,8-9,13-14,20H,1,6-7,10-12H2,2-3H3,(H,21,22);1H3,(H,3,4). The van der Waals surface area contributed by atoms with Gasteiger partial charge >= 0.3 is 0 Å². The zero-order chi connectivity index (χ0) is 19.3. The van der Waals surface area contributed by atoms with Gasteiger partial charge in [-0.2, -0.15) is 0 Å². The minimum absolute atomic E-state index is 0.0205. The zero-order valence-corrected chi connectivity index (χ0v) is 16.0. The predicted octanol–water partition coefficient (Wildman–Crippen LogP) is 3.52. The SMILES string of the molecule is C=CC(C)(C)C(=O)NC1=CC=CC2=C3NCCCC3CCC12.CC(=O)O. The number of carboxylic acids is 1. The van der Waals surface area contributed by atoms with Crippen molar-refractivity contribution in [2.75, 3.05) is 6.54 Å². The van der Waals surface area contributed by atoms with E-state index in [4.69, 9.17) is 9.90 Å². The second kappa shape index (κ2) is 8.39. The van der Waals surface area contributed by atoms with E-state index in [0.29, 0.717) is 11.8 Å². The Morgan fingerprint density at radius 1 is 1.35 bits per heavy atom. The highest BCUT2D eigenvalue weighted by molar-refractivity contribution is 5.85. The summed E-state index contributed by atoms with van der Waals surface area (Å²) in [7, 11) is 0. The fraction of sp³-hybridized carbons (Fsp3) is 0.524. The fourth-order valence-corrected chi connectivity index (χ4v) is 3.61. The lowest BCUT2D eigenvalue weighted by molar-refractivity contribution is -0.134. The van der Waals surface area contributed by atoms with Crippen molar-refractivity contribution in [3.8, 4) is 0 Å². The molecule has 1 amide bonds. The number of fused-ring (bicyclic) bond motifs is 2. The largest absolute Gasteiger partial charge is 0.481 e.